The Morgan fingerprint density at radius 1 is 1.19 bits per heavy atom. The van der Waals surface area contributed by atoms with Crippen LogP contribution in [-0.2, 0) is 0 Å². The minimum absolute atomic E-state index is 0.0106. The van der Waals surface area contributed by atoms with E-state index in [9.17, 15) is 0 Å². The molecule has 21 heavy (non-hydrogen) atoms. The molecule has 0 aliphatic carbocycles. The number of phenols is 1. The van der Waals surface area contributed by atoms with E-state index in [1.165, 1.54) is 18.3 Å². The van der Waals surface area contributed by atoms with Crippen LogP contribution in [0.5, 0.6) is 5.75 Å². The Bertz CT molecular complexity index is 739. The molecule has 0 aliphatic heterocycles. The lowest BCUT2D eigenvalue weighted by molar-refractivity contribution is 0.475. The molecule has 2 rings (SSSR count). The molecule has 0 aliphatic rings. The van der Waals surface area contributed by atoms with E-state index in [2.05, 4.69) is 15.5 Å². The van der Waals surface area contributed by atoms with E-state index in [0.29, 0.717) is 0 Å². The molecule has 0 amide bonds. The second kappa shape index (κ2) is 6.64. The molecule has 8 heteroatoms. The zero-order chi connectivity index (χ0) is 15.4. The fourth-order valence-electron chi connectivity index (χ4n) is 1.41. The number of anilines is 1. The molecule has 0 fully saturated rings. The third-order valence-corrected chi connectivity index (χ3v) is 3.54. The van der Waals surface area contributed by atoms with Gasteiger partial charge in [-0.1, -0.05) is 34.8 Å². The summed E-state index contributed by atoms with van der Waals surface area (Å²) in [5.41, 5.74) is 3.36. The smallest absolute Gasteiger partial charge is 0.168 e. The van der Waals surface area contributed by atoms with Gasteiger partial charge in [-0.3, -0.25) is 5.43 Å². The minimum atomic E-state index is -0.0609. The number of nitrogens with zero attached hydrogens (tertiary/aromatic N) is 3. The number of hydrogen-bond acceptors (Lipinski definition) is 5. The number of nitriles is 1. The maximum absolute atomic E-state index is 9.16. The summed E-state index contributed by atoms with van der Waals surface area (Å²) in [7, 11) is 0. The SMILES string of the molecule is N#Cc1c(Cl)nc(NN=Cc2ccc(O)cc2)c(Cl)c1Cl. The van der Waals surface area contributed by atoms with Gasteiger partial charge in [-0.2, -0.15) is 10.4 Å². The number of rotatable bonds is 3. The average molecular weight is 342 g/mol. The van der Waals surface area contributed by atoms with Crippen LogP contribution < -0.4 is 5.43 Å². The number of benzene rings is 1. The first-order chi connectivity index (χ1) is 10.0. The summed E-state index contributed by atoms with van der Waals surface area (Å²) in [6, 6.07) is 8.23. The summed E-state index contributed by atoms with van der Waals surface area (Å²) < 4.78 is 0. The Kier molecular flexibility index (Phi) is 4.86. The van der Waals surface area contributed by atoms with E-state index >= 15 is 0 Å². The van der Waals surface area contributed by atoms with Crippen molar-refractivity contribution in [1.82, 2.24) is 4.98 Å². The average Bonchev–Trinajstić information content (AvgIpc) is 2.47. The molecule has 0 radical (unpaired) electrons. The highest BCUT2D eigenvalue weighted by atomic mass is 35.5. The summed E-state index contributed by atoms with van der Waals surface area (Å²) in [4.78, 5) is 3.91. The molecule has 2 N–H and O–H groups in total. The number of pyridine rings is 1. The topological polar surface area (TPSA) is 81.3 Å². The summed E-state index contributed by atoms with van der Waals surface area (Å²) >= 11 is 17.7. The second-order valence-corrected chi connectivity index (χ2v) is 4.94. The lowest BCUT2D eigenvalue weighted by Crippen LogP contribution is -1.97. The van der Waals surface area contributed by atoms with Crippen molar-refractivity contribution in [2.24, 2.45) is 5.10 Å². The van der Waals surface area contributed by atoms with E-state index in [0.717, 1.165) is 5.56 Å². The van der Waals surface area contributed by atoms with E-state index in [4.69, 9.17) is 45.2 Å². The van der Waals surface area contributed by atoms with Crippen molar-refractivity contribution < 1.29 is 5.11 Å². The normalized spacial score (nSPS) is 10.6. The van der Waals surface area contributed by atoms with Crippen molar-refractivity contribution in [1.29, 1.82) is 5.26 Å². The maximum Gasteiger partial charge on any atom is 0.168 e. The first-order valence-electron chi connectivity index (χ1n) is 5.55. The van der Waals surface area contributed by atoms with Gasteiger partial charge in [-0.05, 0) is 29.8 Å². The number of phenolic OH excluding ortho intramolecular Hbond substituents is 1. The quantitative estimate of drug-likeness (QED) is 0.501. The number of halogens is 3. The molecule has 0 spiro atoms. The number of aromatic nitrogens is 1. The zero-order valence-corrected chi connectivity index (χ0v) is 12.6. The van der Waals surface area contributed by atoms with Crippen LogP contribution in [0.2, 0.25) is 15.2 Å². The Hall–Kier alpha value is -2.00. The molecule has 106 valence electrons. The zero-order valence-electron chi connectivity index (χ0n) is 10.3. The highest BCUT2D eigenvalue weighted by Crippen LogP contribution is 2.34. The number of nitrogens with one attached hydrogen (secondary N) is 1. The molecule has 0 saturated carbocycles. The Morgan fingerprint density at radius 2 is 1.86 bits per heavy atom. The van der Waals surface area contributed by atoms with E-state index in [1.807, 2.05) is 6.07 Å². The predicted octanol–water partition coefficient (Wildman–Crippen LogP) is 4.07. The molecule has 0 unspecified atom stereocenters. The third-order valence-electron chi connectivity index (χ3n) is 2.43. The Labute approximate surface area is 135 Å². The van der Waals surface area contributed by atoms with Crippen molar-refractivity contribution in [2.75, 3.05) is 5.43 Å². The summed E-state index contributed by atoms with van der Waals surface area (Å²) in [5, 5.41) is 22.0. The number of hydrogen-bond donors (Lipinski definition) is 2. The molecule has 1 aromatic heterocycles. The molecular weight excluding hydrogens is 335 g/mol. The summed E-state index contributed by atoms with van der Waals surface area (Å²) in [5.74, 6) is 0.302. The first kappa shape index (κ1) is 15.4. The number of hydrazone groups is 1. The molecule has 0 saturated heterocycles. The standard InChI is InChI=1S/C13H7Cl3N4O/c14-10-9(5-17)12(16)19-13(11(10)15)20-18-6-7-1-3-8(21)4-2-7/h1-4,6,21H,(H,19,20). The predicted molar refractivity (Wildman–Crippen MR) is 83.3 cm³/mol. The molecule has 2 aromatic rings. The Balaban J connectivity index is 2.21. The number of aromatic hydroxyl groups is 1. The highest BCUT2D eigenvalue weighted by Gasteiger charge is 2.15. The van der Waals surface area contributed by atoms with Crippen LogP contribution in [0.1, 0.15) is 11.1 Å². The molecular formula is C13H7Cl3N4O. The van der Waals surface area contributed by atoms with Crippen LogP contribution in [0.25, 0.3) is 0 Å². The van der Waals surface area contributed by atoms with Gasteiger partial charge in [0.15, 0.2) is 11.0 Å². The van der Waals surface area contributed by atoms with Crippen LogP contribution in [0.15, 0.2) is 29.4 Å². The Morgan fingerprint density at radius 3 is 2.48 bits per heavy atom. The fourth-order valence-corrected chi connectivity index (χ4v) is 2.07. The van der Waals surface area contributed by atoms with Gasteiger partial charge < -0.3 is 5.11 Å². The fraction of sp³-hybridized carbons (Fsp3) is 0. The maximum atomic E-state index is 9.16. The molecule has 5 nitrogen and oxygen atoms in total. The van der Waals surface area contributed by atoms with Gasteiger partial charge in [0.05, 0.1) is 11.2 Å². The third kappa shape index (κ3) is 3.56. The monoisotopic (exact) mass is 340 g/mol. The van der Waals surface area contributed by atoms with E-state index < -0.39 is 0 Å². The van der Waals surface area contributed by atoms with Crippen molar-refractivity contribution >= 4 is 46.8 Å². The summed E-state index contributed by atoms with van der Waals surface area (Å²) in [6.45, 7) is 0. The second-order valence-electron chi connectivity index (χ2n) is 3.83. The van der Waals surface area contributed by atoms with Crippen molar-refractivity contribution in [3.63, 3.8) is 0 Å². The van der Waals surface area contributed by atoms with Gasteiger partial charge in [0.2, 0.25) is 0 Å². The van der Waals surface area contributed by atoms with Crippen LogP contribution in [-0.4, -0.2) is 16.3 Å². The van der Waals surface area contributed by atoms with Crippen molar-refractivity contribution in [3.05, 3.63) is 50.6 Å². The van der Waals surface area contributed by atoms with E-state index in [-0.39, 0.29) is 32.3 Å². The van der Waals surface area contributed by atoms with Gasteiger partial charge in [0.1, 0.15) is 22.4 Å². The molecule has 0 atom stereocenters. The van der Waals surface area contributed by atoms with Crippen LogP contribution in [0.4, 0.5) is 5.82 Å². The van der Waals surface area contributed by atoms with Crippen LogP contribution in [0.3, 0.4) is 0 Å². The van der Waals surface area contributed by atoms with Gasteiger partial charge >= 0.3 is 0 Å². The lowest BCUT2D eigenvalue weighted by Gasteiger charge is -2.06. The van der Waals surface area contributed by atoms with Gasteiger partial charge in [0, 0.05) is 0 Å². The molecule has 0 bridgehead atoms. The van der Waals surface area contributed by atoms with E-state index in [1.54, 1.807) is 12.1 Å². The first-order valence-corrected chi connectivity index (χ1v) is 6.69. The largest absolute Gasteiger partial charge is 0.508 e. The van der Waals surface area contributed by atoms with Gasteiger partial charge in [0.25, 0.3) is 0 Å². The molecule has 1 aromatic carbocycles. The lowest BCUT2D eigenvalue weighted by atomic mass is 10.2. The summed E-state index contributed by atoms with van der Waals surface area (Å²) in [6.07, 6.45) is 1.50. The van der Waals surface area contributed by atoms with Gasteiger partial charge in [-0.15, -0.1) is 0 Å². The van der Waals surface area contributed by atoms with Crippen LogP contribution >= 0.6 is 34.8 Å². The van der Waals surface area contributed by atoms with Gasteiger partial charge in [-0.25, -0.2) is 4.98 Å². The van der Waals surface area contributed by atoms with Crippen molar-refractivity contribution in [2.45, 2.75) is 0 Å². The van der Waals surface area contributed by atoms with Crippen molar-refractivity contribution in [3.8, 4) is 11.8 Å². The minimum Gasteiger partial charge on any atom is -0.508 e. The molecule has 1 heterocycles. The van der Waals surface area contributed by atoms with Crippen LogP contribution in [0, 0.1) is 11.3 Å². The highest BCUT2D eigenvalue weighted by molar-refractivity contribution is 6.45.